The lowest BCUT2D eigenvalue weighted by Crippen LogP contribution is -2.12. The van der Waals surface area contributed by atoms with Crippen LogP contribution in [0.15, 0.2) is 44.3 Å². The van der Waals surface area contributed by atoms with Crippen molar-refractivity contribution in [3.05, 3.63) is 46.4 Å². The Bertz CT molecular complexity index is 715. The topological polar surface area (TPSA) is 71.3 Å². The van der Waals surface area contributed by atoms with Gasteiger partial charge in [-0.05, 0) is 53.3 Å². The predicted octanol–water partition coefficient (Wildman–Crippen LogP) is 2.70. The van der Waals surface area contributed by atoms with Crippen molar-refractivity contribution in [3.63, 3.8) is 0 Å². The molecule has 8 heteroatoms. The van der Waals surface area contributed by atoms with Gasteiger partial charge in [0.15, 0.2) is 0 Å². The van der Waals surface area contributed by atoms with Gasteiger partial charge in [0.1, 0.15) is 11.6 Å². The SMILES string of the molecule is CNCc1ccc(S(=O)(=O)Nc2ccc(Br)c(F)c2)o1. The lowest BCUT2D eigenvalue weighted by molar-refractivity contribution is 0.408. The molecule has 0 fully saturated rings. The van der Waals surface area contributed by atoms with Crippen LogP contribution in [0.3, 0.4) is 0 Å². The molecule has 1 aromatic heterocycles. The Balaban J connectivity index is 2.23. The minimum absolute atomic E-state index is 0.122. The van der Waals surface area contributed by atoms with Crippen LogP contribution in [-0.4, -0.2) is 15.5 Å². The van der Waals surface area contributed by atoms with Gasteiger partial charge < -0.3 is 9.73 Å². The zero-order valence-corrected chi connectivity index (χ0v) is 12.9. The zero-order valence-electron chi connectivity index (χ0n) is 10.5. The first-order valence-corrected chi connectivity index (χ1v) is 7.91. The van der Waals surface area contributed by atoms with Crippen molar-refractivity contribution in [1.82, 2.24) is 5.32 Å². The number of rotatable bonds is 5. The lowest BCUT2D eigenvalue weighted by Gasteiger charge is -2.06. The summed E-state index contributed by atoms with van der Waals surface area (Å²) in [6.07, 6.45) is 0. The first-order chi connectivity index (χ1) is 9.42. The van der Waals surface area contributed by atoms with E-state index in [1.807, 2.05) is 0 Å². The molecule has 1 aromatic carbocycles. The Labute approximate surface area is 124 Å². The summed E-state index contributed by atoms with van der Waals surface area (Å²) in [6, 6.07) is 6.86. The van der Waals surface area contributed by atoms with Crippen molar-refractivity contribution in [1.29, 1.82) is 0 Å². The van der Waals surface area contributed by atoms with Crippen molar-refractivity contribution < 1.29 is 17.2 Å². The minimum atomic E-state index is -3.87. The van der Waals surface area contributed by atoms with E-state index in [1.54, 1.807) is 13.1 Å². The predicted molar refractivity (Wildman–Crippen MR) is 76.4 cm³/mol. The smallest absolute Gasteiger partial charge is 0.295 e. The Morgan fingerprint density at radius 3 is 2.70 bits per heavy atom. The maximum atomic E-state index is 13.3. The molecule has 0 bridgehead atoms. The molecule has 0 saturated carbocycles. The summed E-state index contributed by atoms with van der Waals surface area (Å²) < 4.78 is 45.2. The maximum Gasteiger partial charge on any atom is 0.295 e. The van der Waals surface area contributed by atoms with E-state index in [0.717, 1.165) is 6.07 Å². The van der Waals surface area contributed by atoms with Gasteiger partial charge in [-0.2, -0.15) is 8.42 Å². The van der Waals surface area contributed by atoms with Crippen LogP contribution in [0.4, 0.5) is 10.1 Å². The van der Waals surface area contributed by atoms with Crippen LogP contribution in [0.2, 0.25) is 0 Å². The largest absolute Gasteiger partial charge is 0.446 e. The van der Waals surface area contributed by atoms with Crippen molar-refractivity contribution >= 4 is 31.6 Å². The van der Waals surface area contributed by atoms with Crippen LogP contribution in [0, 0.1) is 5.82 Å². The van der Waals surface area contributed by atoms with Gasteiger partial charge in [-0.3, -0.25) is 4.72 Å². The number of anilines is 1. The van der Waals surface area contributed by atoms with E-state index in [1.165, 1.54) is 18.2 Å². The Kier molecular flexibility index (Phi) is 4.46. The van der Waals surface area contributed by atoms with E-state index in [2.05, 4.69) is 26.0 Å². The summed E-state index contributed by atoms with van der Waals surface area (Å²) >= 11 is 3.00. The average Bonchev–Trinajstić information content (AvgIpc) is 2.83. The molecule has 20 heavy (non-hydrogen) atoms. The quantitative estimate of drug-likeness (QED) is 0.857. The highest BCUT2D eigenvalue weighted by Crippen LogP contribution is 2.22. The van der Waals surface area contributed by atoms with Gasteiger partial charge in [0.2, 0.25) is 5.09 Å². The van der Waals surface area contributed by atoms with Crippen LogP contribution >= 0.6 is 15.9 Å². The van der Waals surface area contributed by atoms with Crippen molar-refractivity contribution in [2.24, 2.45) is 0 Å². The van der Waals surface area contributed by atoms with E-state index in [-0.39, 0.29) is 15.3 Å². The van der Waals surface area contributed by atoms with Crippen LogP contribution in [0.25, 0.3) is 0 Å². The highest BCUT2D eigenvalue weighted by atomic mass is 79.9. The van der Waals surface area contributed by atoms with Crippen molar-refractivity contribution in [3.8, 4) is 0 Å². The van der Waals surface area contributed by atoms with Crippen molar-refractivity contribution in [2.75, 3.05) is 11.8 Å². The van der Waals surface area contributed by atoms with E-state index in [0.29, 0.717) is 12.3 Å². The summed E-state index contributed by atoms with van der Waals surface area (Å²) in [5.41, 5.74) is 0.122. The average molecular weight is 363 g/mol. The fourth-order valence-electron chi connectivity index (χ4n) is 1.54. The summed E-state index contributed by atoms with van der Waals surface area (Å²) in [4.78, 5) is 0. The molecule has 1 heterocycles. The molecule has 0 aliphatic rings. The van der Waals surface area contributed by atoms with Gasteiger partial charge in [-0.1, -0.05) is 0 Å². The van der Waals surface area contributed by atoms with Crippen molar-refractivity contribution in [2.45, 2.75) is 11.6 Å². The molecule has 0 aliphatic carbocycles. The number of halogens is 2. The number of sulfonamides is 1. The van der Waals surface area contributed by atoms with Crippen LogP contribution in [-0.2, 0) is 16.6 Å². The zero-order chi connectivity index (χ0) is 14.8. The number of hydrogen-bond donors (Lipinski definition) is 2. The second-order valence-electron chi connectivity index (χ2n) is 3.99. The van der Waals surface area contributed by atoms with E-state index < -0.39 is 15.8 Å². The van der Waals surface area contributed by atoms with E-state index >= 15 is 0 Å². The third-order valence-electron chi connectivity index (χ3n) is 2.42. The third-order valence-corrected chi connectivity index (χ3v) is 4.32. The van der Waals surface area contributed by atoms with Gasteiger partial charge >= 0.3 is 0 Å². The molecule has 0 atom stereocenters. The Morgan fingerprint density at radius 1 is 1.30 bits per heavy atom. The van der Waals surface area contributed by atoms with E-state index in [9.17, 15) is 12.8 Å². The second-order valence-corrected chi connectivity index (χ2v) is 6.45. The highest BCUT2D eigenvalue weighted by molar-refractivity contribution is 9.10. The Morgan fingerprint density at radius 2 is 2.05 bits per heavy atom. The summed E-state index contributed by atoms with van der Waals surface area (Å²) in [7, 11) is -2.15. The third kappa shape index (κ3) is 3.38. The summed E-state index contributed by atoms with van der Waals surface area (Å²) in [6.45, 7) is 0.419. The molecule has 2 rings (SSSR count). The van der Waals surface area contributed by atoms with Gasteiger partial charge in [0.25, 0.3) is 10.0 Å². The standard InChI is InChI=1S/C12H12BrFN2O3S/c1-15-7-9-3-5-12(19-9)20(17,18)16-8-2-4-10(13)11(14)6-8/h2-6,15-16H,7H2,1H3. The van der Waals surface area contributed by atoms with Gasteiger partial charge in [0, 0.05) is 0 Å². The Hall–Kier alpha value is -1.38. The second kappa shape index (κ2) is 5.94. The number of nitrogens with one attached hydrogen (secondary N) is 2. The molecule has 0 spiro atoms. The fourth-order valence-corrected chi connectivity index (χ4v) is 2.79. The number of benzene rings is 1. The minimum Gasteiger partial charge on any atom is -0.446 e. The highest BCUT2D eigenvalue weighted by Gasteiger charge is 2.19. The molecular formula is C12H12BrFN2O3S. The number of hydrogen-bond acceptors (Lipinski definition) is 4. The molecular weight excluding hydrogens is 351 g/mol. The molecule has 0 radical (unpaired) electrons. The summed E-state index contributed by atoms with van der Waals surface area (Å²) in [5, 5.41) is 2.63. The molecule has 0 aliphatic heterocycles. The normalized spacial score (nSPS) is 11.6. The first-order valence-electron chi connectivity index (χ1n) is 5.63. The molecule has 0 amide bonds. The van der Waals surface area contributed by atoms with Crippen LogP contribution < -0.4 is 10.0 Å². The van der Waals surface area contributed by atoms with Gasteiger partial charge in [-0.25, -0.2) is 4.39 Å². The molecule has 108 valence electrons. The summed E-state index contributed by atoms with van der Waals surface area (Å²) in [5.74, 6) is -0.0598. The maximum absolute atomic E-state index is 13.3. The number of furan rings is 1. The molecule has 0 unspecified atom stereocenters. The fraction of sp³-hybridized carbons (Fsp3) is 0.167. The molecule has 2 aromatic rings. The molecule has 0 saturated heterocycles. The van der Waals surface area contributed by atoms with Crippen LogP contribution in [0.1, 0.15) is 5.76 Å². The molecule has 5 nitrogen and oxygen atoms in total. The van der Waals surface area contributed by atoms with Gasteiger partial charge in [-0.15, -0.1) is 0 Å². The molecule has 2 N–H and O–H groups in total. The van der Waals surface area contributed by atoms with Crippen LogP contribution in [0.5, 0.6) is 0 Å². The first kappa shape index (κ1) is 15.0. The monoisotopic (exact) mass is 362 g/mol. The van der Waals surface area contributed by atoms with Gasteiger partial charge in [0.05, 0.1) is 16.7 Å². The van der Waals surface area contributed by atoms with E-state index in [4.69, 9.17) is 4.42 Å². The lowest BCUT2D eigenvalue weighted by atomic mass is 10.3.